The molecule has 0 aliphatic rings. The molecule has 17 heavy (non-hydrogen) atoms. The molecule has 0 bridgehead atoms. The van der Waals surface area contributed by atoms with Crippen LogP contribution in [0, 0.1) is 0 Å². The molecule has 0 amide bonds. The Kier molecular flexibility index (Phi) is 5.53. The molecule has 0 fully saturated rings. The Hall–Kier alpha value is -1.51. The number of rotatable bonds is 6. The van der Waals surface area contributed by atoms with E-state index in [9.17, 15) is 4.79 Å². The standard InChI is InChI=1S/C14H20O3/c1-4-7-14(15)17-12-9-8-11(5-2)10-13(12)16-6-3/h8-10H,4-7H2,1-3H3. The van der Waals surface area contributed by atoms with E-state index in [1.165, 1.54) is 5.56 Å². The van der Waals surface area contributed by atoms with Gasteiger partial charge in [-0.1, -0.05) is 19.9 Å². The van der Waals surface area contributed by atoms with Crippen molar-refractivity contribution in [1.82, 2.24) is 0 Å². The monoisotopic (exact) mass is 236 g/mol. The van der Waals surface area contributed by atoms with E-state index >= 15 is 0 Å². The topological polar surface area (TPSA) is 35.5 Å². The fourth-order valence-electron chi connectivity index (χ4n) is 1.50. The third-order valence-corrected chi connectivity index (χ3v) is 2.39. The SMILES string of the molecule is CCCC(=O)Oc1ccc(CC)cc1OCC. The minimum Gasteiger partial charge on any atom is -0.490 e. The van der Waals surface area contributed by atoms with Crippen LogP contribution in [0.5, 0.6) is 11.5 Å². The lowest BCUT2D eigenvalue weighted by Gasteiger charge is -2.11. The molecule has 0 spiro atoms. The molecule has 94 valence electrons. The van der Waals surface area contributed by atoms with Crippen molar-refractivity contribution in [1.29, 1.82) is 0 Å². The number of hydrogen-bond donors (Lipinski definition) is 0. The largest absolute Gasteiger partial charge is 0.490 e. The van der Waals surface area contributed by atoms with Crippen molar-refractivity contribution in [2.24, 2.45) is 0 Å². The first-order valence-electron chi connectivity index (χ1n) is 6.17. The first-order valence-corrected chi connectivity index (χ1v) is 6.17. The number of carbonyl (C=O) groups is 1. The first kappa shape index (κ1) is 13.6. The van der Waals surface area contributed by atoms with E-state index in [0.717, 1.165) is 12.8 Å². The molecule has 0 saturated heterocycles. The van der Waals surface area contributed by atoms with Gasteiger partial charge in [0, 0.05) is 6.42 Å². The van der Waals surface area contributed by atoms with E-state index < -0.39 is 0 Å². The quantitative estimate of drug-likeness (QED) is 0.561. The minimum absolute atomic E-state index is 0.210. The molecule has 3 nitrogen and oxygen atoms in total. The number of benzene rings is 1. The molecule has 0 aliphatic carbocycles. The molecule has 0 saturated carbocycles. The Labute approximate surface area is 103 Å². The molecule has 0 radical (unpaired) electrons. The molecule has 3 heteroatoms. The maximum atomic E-state index is 11.4. The van der Waals surface area contributed by atoms with E-state index in [1.807, 2.05) is 26.0 Å². The van der Waals surface area contributed by atoms with Gasteiger partial charge in [-0.05, 0) is 37.5 Å². The maximum Gasteiger partial charge on any atom is 0.311 e. The summed E-state index contributed by atoms with van der Waals surface area (Å²) in [4.78, 5) is 11.4. The normalized spacial score (nSPS) is 10.1. The van der Waals surface area contributed by atoms with Gasteiger partial charge >= 0.3 is 5.97 Å². The number of carbonyl (C=O) groups excluding carboxylic acids is 1. The molecular weight excluding hydrogens is 216 g/mol. The summed E-state index contributed by atoms with van der Waals surface area (Å²) in [6, 6.07) is 5.69. The Morgan fingerprint density at radius 2 is 1.94 bits per heavy atom. The molecule has 0 atom stereocenters. The van der Waals surface area contributed by atoms with E-state index in [1.54, 1.807) is 6.07 Å². The van der Waals surface area contributed by atoms with Crippen LogP contribution in [0.2, 0.25) is 0 Å². The Morgan fingerprint density at radius 3 is 2.53 bits per heavy atom. The third kappa shape index (κ3) is 4.10. The van der Waals surface area contributed by atoms with Gasteiger partial charge < -0.3 is 9.47 Å². The van der Waals surface area contributed by atoms with Gasteiger partial charge in [0.15, 0.2) is 11.5 Å². The molecule has 0 N–H and O–H groups in total. The summed E-state index contributed by atoms with van der Waals surface area (Å²) in [6.45, 7) is 6.50. The summed E-state index contributed by atoms with van der Waals surface area (Å²) >= 11 is 0. The number of esters is 1. The summed E-state index contributed by atoms with van der Waals surface area (Å²) < 4.78 is 10.8. The van der Waals surface area contributed by atoms with E-state index in [0.29, 0.717) is 24.5 Å². The maximum absolute atomic E-state index is 11.4. The Morgan fingerprint density at radius 1 is 1.18 bits per heavy atom. The first-order chi connectivity index (χ1) is 8.21. The summed E-state index contributed by atoms with van der Waals surface area (Å²) in [7, 11) is 0. The second-order valence-electron chi connectivity index (χ2n) is 3.79. The summed E-state index contributed by atoms with van der Waals surface area (Å²) in [5.41, 5.74) is 1.17. The van der Waals surface area contributed by atoms with Crippen molar-refractivity contribution < 1.29 is 14.3 Å². The average Bonchev–Trinajstić information content (AvgIpc) is 2.32. The van der Waals surface area contributed by atoms with Crippen molar-refractivity contribution in [3.05, 3.63) is 23.8 Å². The molecule has 0 unspecified atom stereocenters. The van der Waals surface area contributed by atoms with Gasteiger partial charge in [0.25, 0.3) is 0 Å². The predicted octanol–water partition coefficient (Wildman–Crippen LogP) is 3.35. The van der Waals surface area contributed by atoms with Gasteiger partial charge in [-0.2, -0.15) is 0 Å². The van der Waals surface area contributed by atoms with Crippen LogP contribution in [0.1, 0.15) is 39.2 Å². The van der Waals surface area contributed by atoms with Gasteiger partial charge in [0.2, 0.25) is 0 Å². The zero-order valence-electron chi connectivity index (χ0n) is 10.8. The second kappa shape index (κ2) is 6.94. The van der Waals surface area contributed by atoms with Gasteiger partial charge in [-0.25, -0.2) is 0 Å². The van der Waals surface area contributed by atoms with Crippen LogP contribution in [-0.4, -0.2) is 12.6 Å². The summed E-state index contributed by atoms with van der Waals surface area (Å²) in [6.07, 6.45) is 2.15. The van der Waals surface area contributed by atoms with Crippen molar-refractivity contribution in [3.63, 3.8) is 0 Å². The number of hydrogen-bond acceptors (Lipinski definition) is 3. The lowest BCUT2D eigenvalue weighted by atomic mass is 10.1. The van der Waals surface area contributed by atoms with Gasteiger partial charge in [0.05, 0.1) is 6.61 Å². The minimum atomic E-state index is -0.210. The van der Waals surface area contributed by atoms with Gasteiger partial charge in [0.1, 0.15) is 0 Å². The molecule has 1 rings (SSSR count). The van der Waals surface area contributed by atoms with Crippen LogP contribution >= 0.6 is 0 Å². The van der Waals surface area contributed by atoms with Gasteiger partial charge in [-0.3, -0.25) is 4.79 Å². The van der Waals surface area contributed by atoms with Crippen LogP contribution in [0.3, 0.4) is 0 Å². The zero-order chi connectivity index (χ0) is 12.7. The Balaban J connectivity index is 2.85. The van der Waals surface area contributed by atoms with Crippen LogP contribution in [0.4, 0.5) is 0 Å². The summed E-state index contributed by atoms with van der Waals surface area (Å²) in [5, 5.41) is 0. The van der Waals surface area contributed by atoms with Crippen LogP contribution in [0.15, 0.2) is 18.2 Å². The van der Waals surface area contributed by atoms with E-state index in [-0.39, 0.29) is 5.97 Å². The van der Waals surface area contributed by atoms with Crippen molar-refractivity contribution in [3.8, 4) is 11.5 Å². The van der Waals surface area contributed by atoms with Crippen molar-refractivity contribution in [2.45, 2.75) is 40.0 Å². The molecule has 1 aromatic carbocycles. The van der Waals surface area contributed by atoms with Crippen LogP contribution < -0.4 is 9.47 Å². The predicted molar refractivity (Wildman–Crippen MR) is 67.5 cm³/mol. The molecular formula is C14H20O3. The summed E-state index contributed by atoms with van der Waals surface area (Å²) in [5.74, 6) is 0.955. The number of aryl methyl sites for hydroxylation is 1. The number of ether oxygens (including phenoxy) is 2. The molecule has 0 aromatic heterocycles. The smallest absolute Gasteiger partial charge is 0.311 e. The van der Waals surface area contributed by atoms with Crippen molar-refractivity contribution >= 4 is 5.97 Å². The highest BCUT2D eigenvalue weighted by Crippen LogP contribution is 2.29. The van der Waals surface area contributed by atoms with Crippen LogP contribution in [-0.2, 0) is 11.2 Å². The molecule has 0 heterocycles. The average molecular weight is 236 g/mol. The van der Waals surface area contributed by atoms with Crippen LogP contribution in [0.25, 0.3) is 0 Å². The molecule has 1 aromatic rings. The fraction of sp³-hybridized carbons (Fsp3) is 0.500. The fourth-order valence-corrected chi connectivity index (χ4v) is 1.50. The van der Waals surface area contributed by atoms with Crippen molar-refractivity contribution in [2.75, 3.05) is 6.61 Å². The highest BCUT2D eigenvalue weighted by atomic mass is 16.6. The van der Waals surface area contributed by atoms with Gasteiger partial charge in [-0.15, -0.1) is 0 Å². The second-order valence-corrected chi connectivity index (χ2v) is 3.79. The Bertz CT molecular complexity index is 372. The highest BCUT2D eigenvalue weighted by Gasteiger charge is 2.10. The van der Waals surface area contributed by atoms with E-state index in [4.69, 9.17) is 9.47 Å². The zero-order valence-corrected chi connectivity index (χ0v) is 10.8. The highest BCUT2D eigenvalue weighted by molar-refractivity contribution is 5.73. The lowest BCUT2D eigenvalue weighted by Crippen LogP contribution is -2.08. The lowest BCUT2D eigenvalue weighted by molar-refractivity contribution is -0.134. The third-order valence-electron chi connectivity index (χ3n) is 2.39. The molecule has 0 aliphatic heterocycles. The van der Waals surface area contributed by atoms with E-state index in [2.05, 4.69) is 6.92 Å².